The third-order valence-electron chi connectivity index (χ3n) is 15.5. The van der Waals surface area contributed by atoms with Crippen molar-refractivity contribution >= 4 is 53.2 Å². The van der Waals surface area contributed by atoms with Crippen LogP contribution in [0.4, 0.5) is 0 Å². The topological polar surface area (TPSA) is 527 Å². The smallest absolute Gasteiger partial charge is 0.222 e. The van der Waals surface area contributed by atoms with Gasteiger partial charge in [0.15, 0.2) is 18.9 Å². The minimum Gasteiger partial charge on any atom is -0.394 e. The summed E-state index contributed by atoms with van der Waals surface area (Å²) < 4.78 is 51.1. The summed E-state index contributed by atoms with van der Waals surface area (Å²) in [7, 11) is 0. The van der Waals surface area contributed by atoms with E-state index in [9.17, 15) is 89.1 Å². The second-order valence-corrected chi connectivity index (χ2v) is 23.8. The molecule has 15 atom stereocenters. The molecule has 0 spiro atoms. The zero-order valence-electron chi connectivity index (χ0n) is 55.9. The summed E-state index contributed by atoms with van der Waals surface area (Å²) in [5, 5.41) is 114. The monoisotopic (exact) mass is 1400 g/mol. The van der Waals surface area contributed by atoms with Gasteiger partial charge in [-0.2, -0.15) is 0 Å². The van der Waals surface area contributed by atoms with Gasteiger partial charge in [0.1, 0.15) is 73.1 Å². The number of carbonyl (C=O) groups excluding carboxylic acids is 9. The van der Waals surface area contributed by atoms with E-state index in [1.54, 1.807) is 0 Å². The second kappa shape index (κ2) is 49.9. The standard InChI is InChI=1S/C61H109N9O27/c1-37(74)68-50-56(86)53(83)41(31-71)95-59(50)92-25-7-4-13-44(77)62-19-10-22-65-47(80)16-28-89-34-40(35-90-29-17-48(81)66-23-11-20-63-45(78)14-5-8-26-93-60-51(69-38(2)75)57(87)54(84)42(32-72)96-60)36-91-30-18-49(82)67-24-12-21-64-46(79)15-6-9-27-94-61-52(70-39(3)76)58(88)55(85)43(33-73)97-61/h40-43,50-61,71-73,83-88H,4-36H2,1-3H3,(H,62,77)(H,63,78)(H,64,79)(H,65,80)(H,66,81)(H,67,82)(H,68,74)(H,69,75)(H,70,76). The molecule has 3 rings (SSSR count). The number of rotatable bonds is 51. The summed E-state index contributed by atoms with van der Waals surface area (Å²) in [5.41, 5.74) is 0. The van der Waals surface area contributed by atoms with Gasteiger partial charge in [0, 0.05) is 124 Å². The van der Waals surface area contributed by atoms with Gasteiger partial charge in [0.05, 0.1) is 59.5 Å². The highest BCUT2D eigenvalue weighted by Gasteiger charge is 2.48. The summed E-state index contributed by atoms with van der Waals surface area (Å²) in [5.74, 6) is -3.29. The van der Waals surface area contributed by atoms with Gasteiger partial charge in [-0.05, 0) is 57.8 Å². The maximum absolute atomic E-state index is 12.6. The fourth-order valence-electron chi connectivity index (χ4n) is 10.2. The van der Waals surface area contributed by atoms with Crippen molar-refractivity contribution in [2.75, 3.05) is 119 Å². The van der Waals surface area contributed by atoms with E-state index in [4.69, 9.17) is 42.6 Å². The molecule has 0 radical (unpaired) electrons. The molecule has 0 aromatic heterocycles. The molecule has 36 nitrogen and oxygen atoms in total. The number of unbranched alkanes of at least 4 members (excludes halogenated alkanes) is 3. The maximum Gasteiger partial charge on any atom is 0.222 e. The Kier molecular flexibility index (Phi) is 44.1. The first-order valence-electron chi connectivity index (χ1n) is 33.4. The lowest BCUT2D eigenvalue weighted by molar-refractivity contribution is -0.270. The molecule has 36 heteroatoms. The van der Waals surface area contributed by atoms with E-state index in [2.05, 4.69) is 47.9 Å². The Morgan fingerprint density at radius 1 is 0.330 bits per heavy atom. The van der Waals surface area contributed by atoms with E-state index >= 15 is 0 Å². The van der Waals surface area contributed by atoms with Crippen LogP contribution in [-0.2, 0) is 85.8 Å². The van der Waals surface area contributed by atoms with Gasteiger partial charge in [0.2, 0.25) is 53.2 Å². The van der Waals surface area contributed by atoms with Crippen LogP contribution in [0.1, 0.15) is 117 Å². The van der Waals surface area contributed by atoms with Crippen LogP contribution in [0.15, 0.2) is 0 Å². The van der Waals surface area contributed by atoms with Crippen LogP contribution in [0.3, 0.4) is 0 Å². The molecule has 0 aromatic carbocycles. The van der Waals surface area contributed by atoms with Crippen molar-refractivity contribution in [3.8, 4) is 0 Å². The van der Waals surface area contributed by atoms with Crippen molar-refractivity contribution in [3.63, 3.8) is 0 Å². The first kappa shape index (κ1) is 85.7. The Balaban J connectivity index is 1.31. The lowest BCUT2D eigenvalue weighted by Crippen LogP contribution is -2.64. The van der Waals surface area contributed by atoms with Crippen molar-refractivity contribution < 1.29 is 132 Å². The molecule has 0 aromatic rings. The molecular weight excluding hydrogens is 1290 g/mol. The third-order valence-corrected chi connectivity index (χ3v) is 15.5. The maximum atomic E-state index is 12.6. The number of hydrogen-bond donors (Lipinski definition) is 18. The average molecular weight is 1400 g/mol. The number of amides is 9. The van der Waals surface area contributed by atoms with Gasteiger partial charge in [-0.3, -0.25) is 43.2 Å². The van der Waals surface area contributed by atoms with Gasteiger partial charge < -0.3 is 136 Å². The van der Waals surface area contributed by atoms with Crippen LogP contribution in [0, 0.1) is 5.92 Å². The van der Waals surface area contributed by atoms with Crippen molar-refractivity contribution in [1.82, 2.24) is 47.9 Å². The second-order valence-electron chi connectivity index (χ2n) is 23.8. The number of aliphatic hydroxyl groups excluding tert-OH is 9. The van der Waals surface area contributed by atoms with Crippen LogP contribution in [0.25, 0.3) is 0 Å². The molecule has 9 amide bonds. The highest BCUT2D eigenvalue weighted by Crippen LogP contribution is 2.25. The van der Waals surface area contributed by atoms with Crippen molar-refractivity contribution in [2.24, 2.45) is 5.92 Å². The van der Waals surface area contributed by atoms with Gasteiger partial charge in [-0.25, -0.2) is 0 Å². The predicted octanol–water partition coefficient (Wildman–Crippen LogP) is -6.92. The number of ether oxygens (including phenoxy) is 9. The van der Waals surface area contributed by atoms with Crippen LogP contribution >= 0.6 is 0 Å². The Bertz CT molecular complexity index is 2060. The zero-order valence-corrected chi connectivity index (χ0v) is 55.9. The van der Waals surface area contributed by atoms with Crippen molar-refractivity contribution in [3.05, 3.63) is 0 Å². The molecule has 560 valence electrons. The molecule has 18 N–H and O–H groups in total. The van der Waals surface area contributed by atoms with Crippen LogP contribution in [-0.4, -0.2) is 310 Å². The molecule has 3 saturated heterocycles. The SMILES string of the molecule is CC(=O)NC1C(OCCCCC(=O)NCCCNC(=O)CCOCC(COCCC(=O)NCCCNC(=O)CCCCOC2OC(CO)C(O)C(O)C2NC(C)=O)COCCC(=O)NCCCNC(=O)CCCCOC2OC(CO)C(O)C(O)C2NC(C)=O)OC(CO)C(O)C1O. The molecule has 3 aliphatic heterocycles. The van der Waals surface area contributed by atoms with Gasteiger partial charge in [-0.15, -0.1) is 0 Å². The molecule has 0 bridgehead atoms. The van der Waals surface area contributed by atoms with Crippen LogP contribution in [0.5, 0.6) is 0 Å². The first-order chi connectivity index (χ1) is 46.5. The van der Waals surface area contributed by atoms with E-state index in [-0.39, 0.29) is 159 Å². The molecule has 15 unspecified atom stereocenters. The van der Waals surface area contributed by atoms with Gasteiger partial charge in [-0.1, -0.05) is 0 Å². The molecular formula is C61H109N9O27. The fourth-order valence-corrected chi connectivity index (χ4v) is 10.2. The fraction of sp³-hybridized carbons (Fsp3) is 0.852. The van der Waals surface area contributed by atoms with Crippen molar-refractivity contribution in [2.45, 2.75) is 209 Å². The molecule has 3 heterocycles. The number of hydrogen-bond acceptors (Lipinski definition) is 27. The van der Waals surface area contributed by atoms with E-state index in [1.165, 1.54) is 20.8 Å². The Morgan fingerprint density at radius 3 is 0.794 bits per heavy atom. The first-order valence-corrected chi connectivity index (χ1v) is 33.4. The summed E-state index contributed by atoms with van der Waals surface area (Å²) in [6, 6.07) is -3.21. The Labute approximate surface area is 564 Å². The van der Waals surface area contributed by atoms with Gasteiger partial charge >= 0.3 is 0 Å². The van der Waals surface area contributed by atoms with E-state index in [0.29, 0.717) is 77.4 Å². The minimum atomic E-state index is -1.44. The third kappa shape index (κ3) is 35.4. The predicted molar refractivity (Wildman–Crippen MR) is 337 cm³/mol. The summed E-state index contributed by atoms with van der Waals surface area (Å²) in [6.45, 7) is 4.56. The number of carbonyl (C=O) groups is 9. The molecule has 97 heavy (non-hydrogen) atoms. The summed E-state index contributed by atoms with van der Waals surface area (Å²) in [6.07, 6.45) is -10.8. The highest BCUT2D eigenvalue weighted by molar-refractivity contribution is 5.78. The highest BCUT2D eigenvalue weighted by atomic mass is 16.7. The van der Waals surface area contributed by atoms with E-state index in [1.807, 2.05) is 0 Å². The molecule has 3 fully saturated rings. The quantitative estimate of drug-likeness (QED) is 0.0252. The Hall–Kier alpha value is -5.49. The molecule has 0 aliphatic carbocycles. The van der Waals surface area contributed by atoms with E-state index < -0.39 is 129 Å². The zero-order chi connectivity index (χ0) is 71.5. The van der Waals surface area contributed by atoms with Crippen LogP contribution < -0.4 is 47.9 Å². The Morgan fingerprint density at radius 2 is 0.567 bits per heavy atom. The number of aliphatic hydroxyl groups is 9. The van der Waals surface area contributed by atoms with Crippen molar-refractivity contribution in [1.29, 1.82) is 0 Å². The lowest BCUT2D eigenvalue weighted by atomic mass is 9.97. The normalized spacial score (nSPS) is 25.8. The van der Waals surface area contributed by atoms with Gasteiger partial charge in [0.25, 0.3) is 0 Å². The van der Waals surface area contributed by atoms with Crippen LogP contribution in [0.2, 0.25) is 0 Å². The number of nitrogens with one attached hydrogen (secondary N) is 9. The molecule has 0 saturated carbocycles. The largest absolute Gasteiger partial charge is 0.394 e. The summed E-state index contributed by atoms with van der Waals surface area (Å²) in [4.78, 5) is 110. The van der Waals surface area contributed by atoms with E-state index in [0.717, 1.165) is 0 Å². The minimum absolute atomic E-state index is 0.0290. The lowest BCUT2D eigenvalue weighted by Gasteiger charge is -2.42. The summed E-state index contributed by atoms with van der Waals surface area (Å²) >= 11 is 0. The molecule has 3 aliphatic rings. The average Bonchev–Trinajstić information content (AvgIpc) is 0.833.